The third kappa shape index (κ3) is 3.42. The number of hydrogen-bond acceptors (Lipinski definition) is 5. The molecular weight excluding hydrogens is 330 g/mol. The summed E-state index contributed by atoms with van der Waals surface area (Å²) in [7, 11) is 0. The number of amides is 1. The summed E-state index contributed by atoms with van der Waals surface area (Å²) in [5, 5.41) is 15.5. The van der Waals surface area contributed by atoms with E-state index in [1.807, 2.05) is 44.2 Å². The van der Waals surface area contributed by atoms with Crippen LogP contribution in [0.3, 0.4) is 0 Å². The fourth-order valence-corrected chi connectivity index (χ4v) is 2.57. The minimum absolute atomic E-state index is 0.222. The van der Waals surface area contributed by atoms with Gasteiger partial charge in [-0.25, -0.2) is 0 Å². The number of carbonyl (C=O) groups excluding carboxylic acids is 1. The molecule has 1 aliphatic carbocycles. The molecule has 0 spiro atoms. The molecule has 1 N–H and O–H groups in total. The molecule has 132 valence electrons. The van der Waals surface area contributed by atoms with Crippen LogP contribution in [-0.4, -0.2) is 32.0 Å². The number of ether oxygens (including phenoxy) is 1. The van der Waals surface area contributed by atoms with Gasteiger partial charge in [-0.3, -0.25) is 4.79 Å². The van der Waals surface area contributed by atoms with Gasteiger partial charge in [0.05, 0.1) is 23.1 Å². The minimum Gasteiger partial charge on any atom is -0.490 e. The predicted octanol–water partition coefficient (Wildman–Crippen LogP) is 3.07. The van der Waals surface area contributed by atoms with Crippen molar-refractivity contribution in [3.05, 3.63) is 59.4 Å². The average molecular weight is 349 g/mol. The van der Waals surface area contributed by atoms with E-state index in [9.17, 15) is 4.79 Å². The van der Waals surface area contributed by atoms with Gasteiger partial charge in [-0.15, -0.1) is 5.10 Å². The van der Waals surface area contributed by atoms with Gasteiger partial charge in [0.1, 0.15) is 11.6 Å². The second-order valence-corrected chi connectivity index (χ2v) is 6.38. The van der Waals surface area contributed by atoms with Crippen molar-refractivity contribution in [2.24, 2.45) is 0 Å². The second kappa shape index (κ2) is 6.59. The molecule has 4 rings (SSSR count). The topological polar surface area (TPSA) is 81.9 Å². The van der Waals surface area contributed by atoms with E-state index in [2.05, 4.69) is 20.6 Å². The molecule has 0 unspecified atom stereocenters. The van der Waals surface area contributed by atoms with E-state index >= 15 is 0 Å². The highest BCUT2D eigenvalue weighted by molar-refractivity contribution is 6.05. The summed E-state index contributed by atoms with van der Waals surface area (Å²) in [6, 6.07) is 12.7. The van der Waals surface area contributed by atoms with E-state index < -0.39 is 0 Å². The first-order chi connectivity index (χ1) is 12.6. The highest BCUT2D eigenvalue weighted by Crippen LogP contribution is 2.29. The highest BCUT2D eigenvalue weighted by Gasteiger charge is 2.26. The number of hydrogen-bond donors (Lipinski definition) is 1. The van der Waals surface area contributed by atoms with Crippen LogP contribution in [0.15, 0.2) is 42.5 Å². The molecule has 7 nitrogen and oxygen atoms in total. The van der Waals surface area contributed by atoms with Crippen molar-refractivity contribution in [1.29, 1.82) is 0 Å². The van der Waals surface area contributed by atoms with Crippen LogP contribution in [0.25, 0.3) is 5.82 Å². The molecule has 1 aliphatic rings. The van der Waals surface area contributed by atoms with Crippen molar-refractivity contribution in [1.82, 2.24) is 20.0 Å². The molecule has 2 aromatic heterocycles. The summed E-state index contributed by atoms with van der Waals surface area (Å²) in [5.74, 6) is 1.43. The maximum atomic E-state index is 12.8. The van der Waals surface area contributed by atoms with Gasteiger partial charge in [-0.2, -0.15) is 14.9 Å². The number of para-hydroxylation sites is 1. The van der Waals surface area contributed by atoms with Crippen molar-refractivity contribution in [2.75, 3.05) is 5.32 Å². The molecule has 0 bridgehead atoms. The zero-order valence-corrected chi connectivity index (χ0v) is 14.6. The zero-order chi connectivity index (χ0) is 18.1. The van der Waals surface area contributed by atoms with Gasteiger partial charge in [0.15, 0.2) is 5.82 Å². The van der Waals surface area contributed by atoms with Gasteiger partial charge in [0.25, 0.3) is 5.91 Å². The standard InChI is InChI=1S/C19H19N5O2/c1-12-7-10-17(22-21-12)24-18(11-13(2)23-24)20-19(25)15-5-3-4-6-16(15)26-14-8-9-14/h3-7,10-11,14H,8-9H2,1-2H3,(H,20,25). The number of anilines is 1. The van der Waals surface area contributed by atoms with E-state index in [0.29, 0.717) is 22.9 Å². The molecule has 1 amide bonds. The quantitative estimate of drug-likeness (QED) is 0.765. The lowest BCUT2D eigenvalue weighted by Crippen LogP contribution is -2.17. The normalized spacial score (nSPS) is 13.5. The van der Waals surface area contributed by atoms with Crippen LogP contribution < -0.4 is 10.1 Å². The average Bonchev–Trinajstić information content (AvgIpc) is 3.37. The molecule has 2 heterocycles. The maximum absolute atomic E-state index is 12.8. The third-order valence-corrected chi connectivity index (χ3v) is 4.02. The first-order valence-corrected chi connectivity index (χ1v) is 8.54. The Morgan fingerprint density at radius 2 is 1.92 bits per heavy atom. The molecule has 0 saturated heterocycles. The molecule has 0 aliphatic heterocycles. The van der Waals surface area contributed by atoms with Crippen LogP contribution in [0, 0.1) is 13.8 Å². The molecule has 1 aromatic carbocycles. The Bertz CT molecular complexity index is 945. The van der Waals surface area contributed by atoms with Gasteiger partial charge in [-0.05, 0) is 51.0 Å². The van der Waals surface area contributed by atoms with E-state index in [1.165, 1.54) is 0 Å². The smallest absolute Gasteiger partial charge is 0.260 e. The van der Waals surface area contributed by atoms with Crippen LogP contribution in [0.2, 0.25) is 0 Å². The summed E-state index contributed by atoms with van der Waals surface area (Å²) < 4.78 is 7.42. The largest absolute Gasteiger partial charge is 0.490 e. The van der Waals surface area contributed by atoms with Gasteiger partial charge in [-0.1, -0.05) is 12.1 Å². The van der Waals surface area contributed by atoms with Crippen LogP contribution in [0.5, 0.6) is 5.75 Å². The van der Waals surface area contributed by atoms with Crippen molar-refractivity contribution >= 4 is 11.7 Å². The number of nitrogens with zero attached hydrogens (tertiary/aromatic N) is 4. The molecule has 26 heavy (non-hydrogen) atoms. The van der Waals surface area contributed by atoms with Crippen molar-refractivity contribution in [3.8, 4) is 11.6 Å². The third-order valence-electron chi connectivity index (χ3n) is 4.02. The maximum Gasteiger partial charge on any atom is 0.260 e. The summed E-state index contributed by atoms with van der Waals surface area (Å²) in [4.78, 5) is 12.8. The number of nitrogens with one attached hydrogen (secondary N) is 1. The lowest BCUT2D eigenvalue weighted by Gasteiger charge is -2.12. The minimum atomic E-state index is -0.248. The van der Waals surface area contributed by atoms with Gasteiger partial charge in [0.2, 0.25) is 0 Å². The lowest BCUT2D eigenvalue weighted by molar-refractivity contribution is 0.102. The van der Waals surface area contributed by atoms with Crippen LogP contribution in [0.4, 0.5) is 5.82 Å². The Kier molecular flexibility index (Phi) is 4.12. The molecule has 1 saturated carbocycles. The SMILES string of the molecule is Cc1ccc(-n2nc(C)cc2NC(=O)c2ccccc2OC2CC2)nn1. The van der Waals surface area contributed by atoms with Crippen molar-refractivity contribution < 1.29 is 9.53 Å². The van der Waals surface area contributed by atoms with Crippen LogP contribution in [0.1, 0.15) is 34.6 Å². The van der Waals surface area contributed by atoms with Crippen molar-refractivity contribution in [3.63, 3.8) is 0 Å². The summed E-state index contributed by atoms with van der Waals surface area (Å²) >= 11 is 0. The van der Waals surface area contributed by atoms with E-state index in [-0.39, 0.29) is 12.0 Å². The first kappa shape index (κ1) is 16.3. The number of aryl methyl sites for hydroxylation is 2. The lowest BCUT2D eigenvalue weighted by atomic mass is 10.2. The Balaban J connectivity index is 1.62. The molecule has 7 heteroatoms. The van der Waals surface area contributed by atoms with E-state index in [0.717, 1.165) is 24.2 Å². The summed E-state index contributed by atoms with van der Waals surface area (Å²) in [6.45, 7) is 3.72. The molecule has 0 atom stereocenters. The number of benzene rings is 1. The van der Waals surface area contributed by atoms with Crippen molar-refractivity contribution in [2.45, 2.75) is 32.8 Å². The van der Waals surface area contributed by atoms with Crippen LogP contribution in [-0.2, 0) is 0 Å². The summed E-state index contributed by atoms with van der Waals surface area (Å²) in [6.07, 6.45) is 2.29. The van der Waals surface area contributed by atoms with Crippen LogP contribution >= 0.6 is 0 Å². The first-order valence-electron chi connectivity index (χ1n) is 8.54. The molecular formula is C19H19N5O2. The highest BCUT2D eigenvalue weighted by atomic mass is 16.5. The molecule has 3 aromatic rings. The molecule has 1 fully saturated rings. The van der Waals surface area contributed by atoms with Gasteiger partial charge >= 0.3 is 0 Å². The summed E-state index contributed by atoms with van der Waals surface area (Å²) in [5.41, 5.74) is 2.08. The second-order valence-electron chi connectivity index (χ2n) is 6.38. The van der Waals surface area contributed by atoms with E-state index in [1.54, 1.807) is 16.8 Å². The van der Waals surface area contributed by atoms with Gasteiger partial charge in [0, 0.05) is 6.07 Å². The number of rotatable bonds is 5. The van der Waals surface area contributed by atoms with E-state index in [4.69, 9.17) is 4.74 Å². The Morgan fingerprint density at radius 1 is 1.12 bits per heavy atom. The Hall–Kier alpha value is -3.22. The number of carbonyl (C=O) groups is 1. The molecule has 0 radical (unpaired) electrons. The monoisotopic (exact) mass is 349 g/mol. The zero-order valence-electron chi connectivity index (χ0n) is 14.6. The fraction of sp³-hybridized carbons (Fsp3) is 0.263. The fourth-order valence-electron chi connectivity index (χ4n) is 2.57. The Labute approximate surface area is 151 Å². The Morgan fingerprint density at radius 3 is 2.65 bits per heavy atom. The predicted molar refractivity (Wildman–Crippen MR) is 96.7 cm³/mol. The number of aromatic nitrogens is 4. The van der Waals surface area contributed by atoms with Gasteiger partial charge < -0.3 is 10.1 Å².